The lowest BCUT2D eigenvalue weighted by atomic mass is 9.73. The molecule has 2 rings (SSSR count). The molecule has 2 bridgehead atoms. The molecule has 0 N–H and O–H groups in total. The molecule has 4 nitrogen and oxygen atoms in total. The van der Waals surface area contributed by atoms with Gasteiger partial charge in [0.05, 0.1) is 12.0 Å². The molecule has 1 saturated carbocycles. The van der Waals surface area contributed by atoms with Crippen LogP contribution in [0.1, 0.15) is 48.0 Å². The largest absolute Gasteiger partial charge is 0.406 e. The molecule has 170 valence electrons. The van der Waals surface area contributed by atoms with Crippen molar-refractivity contribution in [2.75, 3.05) is 12.0 Å². The first-order chi connectivity index (χ1) is 13.4. The van der Waals surface area contributed by atoms with Crippen LogP contribution >= 0.6 is 11.8 Å². The van der Waals surface area contributed by atoms with Gasteiger partial charge in [-0.25, -0.2) is 0 Å². The lowest BCUT2D eigenvalue weighted by molar-refractivity contribution is -0.158. The van der Waals surface area contributed by atoms with Crippen molar-refractivity contribution in [1.29, 1.82) is 5.26 Å². The summed E-state index contributed by atoms with van der Waals surface area (Å²) in [5.41, 5.74) is -2.04. The Balaban J connectivity index is 2.80. The molecule has 2 aliphatic carbocycles. The zero-order valence-electron chi connectivity index (χ0n) is 20.8. The van der Waals surface area contributed by atoms with E-state index in [0.29, 0.717) is 12.2 Å². The zero-order chi connectivity index (χ0) is 23.4. The molecule has 7 heteroatoms. The summed E-state index contributed by atoms with van der Waals surface area (Å²) in [5.74, 6) is 0.0650. The van der Waals surface area contributed by atoms with E-state index in [1.54, 1.807) is 17.8 Å². The van der Waals surface area contributed by atoms with Gasteiger partial charge in [-0.2, -0.15) is 17.0 Å². The van der Waals surface area contributed by atoms with Gasteiger partial charge in [-0.1, -0.05) is 47.6 Å². The number of nitriles is 1. The maximum absolute atomic E-state index is 13.8. The summed E-state index contributed by atoms with van der Waals surface area (Å²) in [6.45, 7) is 22.0. The minimum absolute atomic E-state index is 0.00573. The first kappa shape index (κ1) is 25.9. The van der Waals surface area contributed by atoms with E-state index in [0.717, 1.165) is 0 Å². The molecule has 0 aromatic carbocycles. The van der Waals surface area contributed by atoms with Crippen LogP contribution < -0.4 is 0 Å². The highest BCUT2D eigenvalue weighted by atomic mass is 32.2. The fourth-order valence-corrected chi connectivity index (χ4v) is 8.39. The van der Waals surface area contributed by atoms with Crippen molar-refractivity contribution in [2.45, 2.75) is 95.4 Å². The Morgan fingerprint density at radius 3 is 2.03 bits per heavy atom. The predicted molar refractivity (Wildman–Crippen MR) is 132 cm³/mol. The average molecular weight is 468 g/mol. The molecule has 0 aromatic heterocycles. The number of hydrogen-bond acceptors (Lipinski definition) is 5. The Bertz CT molecular complexity index is 760. The summed E-state index contributed by atoms with van der Waals surface area (Å²) in [6, 6.07) is 2.48. The Morgan fingerprint density at radius 2 is 1.60 bits per heavy atom. The van der Waals surface area contributed by atoms with Crippen LogP contribution in [0, 0.1) is 23.2 Å². The number of fused-ring (bicyclic) bond motifs is 2. The van der Waals surface area contributed by atoms with Crippen molar-refractivity contribution < 1.29 is 13.6 Å². The predicted octanol–water partition coefficient (Wildman–Crippen LogP) is 6.17. The lowest BCUT2D eigenvalue weighted by Crippen LogP contribution is -2.72. The van der Waals surface area contributed by atoms with E-state index in [1.807, 2.05) is 6.08 Å². The van der Waals surface area contributed by atoms with Crippen molar-refractivity contribution in [2.24, 2.45) is 11.8 Å². The van der Waals surface area contributed by atoms with E-state index in [4.69, 9.17) is 8.85 Å². The Morgan fingerprint density at radius 1 is 1.10 bits per heavy atom. The average Bonchev–Trinajstić information content (AvgIpc) is 2.69. The summed E-state index contributed by atoms with van der Waals surface area (Å²) < 4.78 is 14.3. The summed E-state index contributed by atoms with van der Waals surface area (Å²) in [4.78, 5) is 13.8. The number of ketones is 1. The quantitative estimate of drug-likeness (QED) is 0.437. The highest BCUT2D eigenvalue weighted by molar-refractivity contribution is 7.98. The smallest absolute Gasteiger partial charge is 0.193 e. The first-order valence-corrected chi connectivity index (χ1v) is 18.1. The molecule has 0 radical (unpaired) electrons. The molecule has 0 spiro atoms. The van der Waals surface area contributed by atoms with Gasteiger partial charge in [0.2, 0.25) is 0 Å². The second-order valence-electron chi connectivity index (χ2n) is 12.0. The van der Waals surface area contributed by atoms with E-state index in [1.165, 1.54) is 0 Å². The summed E-state index contributed by atoms with van der Waals surface area (Å²) in [6.07, 6.45) is 6.34. The third-order valence-corrected chi connectivity index (χ3v) is 17.7. The molecule has 0 amide bonds. The molecule has 0 aromatic rings. The molecule has 1 fully saturated rings. The molecule has 4 atom stereocenters. The van der Waals surface area contributed by atoms with E-state index in [2.05, 4.69) is 80.1 Å². The molecular weight excluding hydrogens is 426 g/mol. The Kier molecular flexibility index (Phi) is 6.79. The monoisotopic (exact) mass is 467 g/mol. The third-order valence-electron chi connectivity index (χ3n) is 8.03. The molecule has 0 heterocycles. The third kappa shape index (κ3) is 3.81. The lowest BCUT2D eigenvalue weighted by Gasteiger charge is -2.57. The fraction of sp³-hybridized carbons (Fsp3) is 0.826. The van der Waals surface area contributed by atoms with Crippen LogP contribution in [-0.2, 0) is 13.6 Å². The Labute approximate surface area is 190 Å². The maximum Gasteiger partial charge on any atom is 0.193 e. The highest BCUT2D eigenvalue weighted by Crippen LogP contribution is 2.60. The second kappa shape index (κ2) is 7.88. The van der Waals surface area contributed by atoms with Crippen LogP contribution in [0.3, 0.4) is 0 Å². The van der Waals surface area contributed by atoms with E-state index >= 15 is 0 Å². The van der Waals surface area contributed by atoms with Crippen molar-refractivity contribution in [3.05, 3.63) is 12.2 Å². The second-order valence-corrected chi connectivity index (χ2v) is 22.3. The number of thioether (sulfide) groups is 1. The van der Waals surface area contributed by atoms with Gasteiger partial charge in [0.15, 0.2) is 28.0 Å². The number of carbonyl (C=O) groups excluding carboxylic acids is 1. The molecule has 0 unspecified atom stereocenters. The molecule has 30 heavy (non-hydrogen) atoms. The fourth-order valence-electron chi connectivity index (χ4n) is 4.25. The van der Waals surface area contributed by atoms with E-state index in [-0.39, 0.29) is 21.8 Å². The van der Waals surface area contributed by atoms with Gasteiger partial charge in [0.1, 0.15) is 5.60 Å². The van der Waals surface area contributed by atoms with Crippen LogP contribution in [0.2, 0.25) is 36.3 Å². The minimum Gasteiger partial charge on any atom is -0.406 e. The first-order valence-electron chi connectivity index (χ1n) is 10.9. The van der Waals surface area contributed by atoms with Crippen LogP contribution in [-0.4, -0.2) is 45.6 Å². The topological polar surface area (TPSA) is 59.3 Å². The van der Waals surface area contributed by atoms with Gasteiger partial charge >= 0.3 is 0 Å². The maximum atomic E-state index is 13.8. The van der Waals surface area contributed by atoms with Gasteiger partial charge in [-0.3, -0.25) is 4.79 Å². The van der Waals surface area contributed by atoms with Gasteiger partial charge < -0.3 is 8.85 Å². The van der Waals surface area contributed by atoms with Gasteiger partial charge in [-0.15, -0.1) is 0 Å². The van der Waals surface area contributed by atoms with Gasteiger partial charge in [0.25, 0.3) is 0 Å². The number of rotatable bonds is 6. The molecule has 0 aliphatic heterocycles. The van der Waals surface area contributed by atoms with E-state index in [9.17, 15) is 10.1 Å². The summed E-state index contributed by atoms with van der Waals surface area (Å²) >= 11 is 1.69. The standard InChI is InChI=1S/C23H41NO3SSi2/c1-20(2,3)29(8,9)26-22(16-28-7)17-12-13-19(25)23(22,18(14-17)15-24)27-30(10,11)21(4,5)6/h12-13,17-18H,14,16H2,1-11H3/t17-,18-,22+,23+/m1/s1. The Hall–Kier alpha value is -0.396. The van der Waals surface area contributed by atoms with Crippen molar-refractivity contribution in [1.82, 2.24) is 0 Å². The summed E-state index contributed by atoms with van der Waals surface area (Å²) in [5, 5.41) is 10.1. The SMILES string of the molecule is CSC[C@]1(O[Si](C)(C)C(C)(C)C)[C@@H]2C=CC(=O)[C@@]1(O[Si](C)(C)C(C)(C)C)[C@@H](C#N)C2. The van der Waals surface area contributed by atoms with Crippen molar-refractivity contribution in [3.8, 4) is 6.07 Å². The van der Waals surface area contributed by atoms with Crippen LogP contribution in [0.25, 0.3) is 0 Å². The molecule has 0 saturated heterocycles. The number of hydrogen-bond donors (Lipinski definition) is 0. The van der Waals surface area contributed by atoms with Crippen molar-refractivity contribution in [3.63, 3.8) is 0 Å². The molecule has 2 aliphatic rings. The molecular formula is C23H41NO3SSi2. The van der Waals surface area contributed by atoms with E-state index < -0.39 is 33.8 Å². The normalized spacial score (nSPS) is 32.4. The number of nitrogens with zero attached hydrogens (tertiary/aromatic N) is 1. The highest BCUT2D eigenvalue weighted by Gasteiger charge is 2.74. The van der Waals surface area contributed by atoms with Gasteiger partial charge in [-0.05, 0) is 55.0 Å². The summed E-state index contributed by atoms with van der Waals surface area (Å²) in [7, 11) is -4.64. The van der Waals surface area contributed by atoms with Crippen LogP contribution in [0.15, 0.2) is 12.2 Å². The number of carbonyl (C=O) groups is 1. The zero-order valence-corrected chi connectivity index (χ0v) is 23.6. The van der Waals surface area contributed by atoms with Gasteiger partial charge in [0, 0.05) is 11.7 Å². The van der Waals surface area contributed by atoms with Crippen LogP contribution in [0.5, 0.6) is 0 Å². The van der Waals surface area contributed by atoms with Crippen molar-refractivity contribution >= 4 is 34.2 Å². The van der Waals surface area contributed by atoms with Crippen LogP contribution in [0.4, 0.5) is 0 Å². The minimum atomic E-state index is -2.38.